The Morgan fingerprint density at radius 1 is 1.07 bits per heavy atom. The van der Waals surface area contributed by atoms with Crippen LogP contribution < -0.4 is 16.2 Å². The van der Waals surface area contributed by atoms with Crippen LogP contribution >= 0.6 is 0 Å². The maximum absolute atomic E-state index is 14.5. The molecule has 210 valence electrons. The molecule has 3 aromatic carbocycles. The number of hydrogen-bond acceptors (Lipinski definition) is 5. The number of ether oxygens (including phenoxy) is 1. The molecular formula is C31H36FN5O3. The minimum absolute atomic E-state index is 0.132. The molecule has 1 atom stereocenters. The van der Waals surface area contributed by atoms with Gasteiger partial charge in [0.1, 0.15) is 11.6 Å². The van der Waals surface area contributed by atoms with E-state index in [0.717, 1.165) is 5.56 Å². The first-order chi connectivity index (χ1) is 19.2. The van der Waals surface area contributed by atoms with E-state index in [9.17, 15) is 14.0 Å². The number of carbonyl (C=O) groups excluding carboxylic acids is 1. The molecule has 0 spiro atoms. The molecule has 1 aromatic heterocycles. The Balaban J connectivity index is 1.90. The van der Waals surface area contributed by atoms with E-state index in [1.54, 1.807) is 59.9 Å². The van der Waals surface area contributed by atoms with Crippen LogP contribution in [0, 0.1) is 18.7 Å². The molecule has 9 heteroatoms. The topological polar surface area (TPSA) is 95.4 Å². The maximum atomic E-state index is 14.5. The summed E-state index contributed by atoms with van der Waals surface area (Å²) < 4.78 is 22.8. The number of rotatable bonds is 11. The first-order valence-corrected chi connectivity index (χ1v) is 13.4. The molecule has 0 saturated heterocycles. The molecule has 1 heterocycles. The molecule has 0 saturated carbocycles. The quantitative estimate of drug-likeness (QED) is 0.294. The first kappa shape index (κ1) is 28.8. The number of carbonyl (C=O) groups is 1. The lowest BCUT2D eigenvalue weighted by atomic mass is 9.99. The third-order valence-electron chi connectivity index (χ3n) is 6.89. The fourth-order valence-corrected chi connectivity index (χ4v) is 4.77. The van der Waals surface area contributed by atoms with Gasteiger partial charge in [-0.2, -0.15) is 4.68 Å². The van der Waals surface area contributed by atoms with Crippen molar-refractivity contribution in [3.63, 3.8) is 0 Å². The van der Waals surface area contributed by atoms with Crippen molar-refractivity contribution in [3.05, 3.63) is 112 Å². The molecule has 4 aromatic rings. The number of benzene rings is 3. The van der Waals surface area contributed by atoms with Crippen molar-refractivity contribution in [3.8, 4) is 11.4 Å². The van der Waals surface area contributed by atoms with E-state index in [0.29, 0.717) is 42.3 Å². The number of halogens is 1. The average Bonchev–Trinajstić information content (AvgIpc) is 3.27. The second-order valence-corrected chi connectivity index (χ2v) is 10.1. The third-order valence-corrected chi connectivity index (χ3v) is 6.89. The highest BCUT2D eigenvalue weighted by molar-refractivity contribution is 5.94. The fourth-order valence-electron chi connectivity index (χ4n) is 4.77. The first-order valence-electron chi connectivity index (χ1n) is 13.4. The van der Waals surface area contributed by atoms with E-state index in [4.69, 9.17) is 15.6 Å². The van der Waals surface area contributed by atoms with E-state index in [2.05, 4.69) is 0 Å². The van der Waals surface area contributed by atoms with Crippen LogP contribution in [0.2, 0.25) is 0 Å². The Bertz CT molecular complexity index is 1510. The van der Waals surface area contributed by atoms with E-state index >= 15 is 0 Å². The van der Waals surface area contributed by atoms with Crippen molar-refractivity contribution in [2.24, 2.45) is 11.7 Å². The van der Waals surface area contributed by atoms with Gasteiger partial charge in [0, 0.05) is 18.2 Å². The summed E-state index contributed by atoms with van der Waals surface area (Å²) in [6, 6.07) is 20.6. The Morgan fingerprint density at radius 3 is 2.48 bits per heavy atom. The van der Waals surface area contributed by atoms with Crippen LogP contribution in [0.1, 0.15) is 53.6 Å². The molecule has 0 radical (unpaired) electrons. The number of amides is 1. The molecule has 8 nitrogen and oxygen atoms in total. The number of methoxy groups -OCH3 is 1. The minimum atomic E-state index is -0.591. The summed E-state index contributed by atoms with van der Waals surface area (Å²) in [5.41, 5.74) is 7.66. The highest BCUT2D eigenvalue weighted by atomic mass is 19.1. The Kier molecular flexibility index (Phi) is 9.16. The highest BCUT2D eigenvalue weighted by Gasteiger charge is 2.34. The van der Waals surface area contributed by atoms with Gasteiger partial charge in [0.2, 0.25) is 0 Å². The average molecular weight is 546 g/mol. The zero-order chi connectivity index (χ0) is 28.8. The normalized spacial score (nSPS) is 12.0. The largest absolute Gasteiger partial charge is 0.497 e. The summed E-state index contributed by atoms with van der Waals surface area (Å²) in [4.78, 5) is 29.5. The summed E-state index contributed by atoms with van der Waals surface area (Å²) in [5, 5.41) is 4.82. The van der Waals surface area contributed by atoms with Crippen molar-refractivity contribution < 1.29 is 13.9 Å². The van der Waals surface area contributed by atoms with Crippen molar-refractivity contribution in [1.82, 2.24) is 19.2 Å². The second-order valence-electron chi connectivity index (χ2n) is 10.1. The van der Waals surface area contributed by atoms with Crippen LogP contribution in [0.5, 0.6) is 5.75 Å². The molecule has 2 N–H and O–H groups in total. The van der Waals surface area contributed by atoms with E-state index < -0.39 is 11.9 Å². The van der Waals surface area contributed by atoms with Gasteiger partial charge in [-0.05, 0) is 61.2 Å². The number of hydrogen-bond donors (Lipinski definition) is 1. The van der Waals surface area contributed by atoms with Crippen molar-refractivity contribution in [2.45, 2.75) is 39.8 Å². The summed E-state index contributed by atoms with van der Waals surface area (Å²) >= 11 is 0. The molecule has 40 heavy (non-hydrogen) atoms. The third kappa shape index (κ3) is 6.15. The van der Waals surface area contributed by atoms with Crippen molar-refractivity contribution in [2.75, 3.05) is 20.2 Å². The Morgan fingerprint density at radius 2 is 1.82 bits per heavy atom. The lowest BCUT2D eigenvalue weighted by molar-refractivity contribution is 0.0603. The number of aromatic nitrogens is 3. The van der Waals surface area contributed by atoms with E-state index in [-0.39, 0.29) is 29.6 Å². The number of nitrogens with two attached hydrogens (primary N) is 1. The summed E-state index contributed by atoms with van der Waals surface area (Å²) in [6.07, 6.45) is 0.531. The zero-order valence-corrected chi connectivity index (χ0v) is 23.4. The van der Waals surface area contributed by atoms with Crippen LogP contribution in [0.3, 0.4) is 0 Å². The van der Waals surface area contributed by atoms with Gasteiger partial charge in [-0.25, -0.2) is 9.18 Å². The summed E-state index contributed by atoms with van der Waals surface area (Å²) in [6.45, 7) is 6.56. The lowest BCUT2D eigenvalue weighted by Gasteiger charge is -2.34. The Labute approximate surface area is 233 Å². The van der Waals surface area contributed by atoms with Crippen molar-refractivity contribution in [1.29, 1.82) is 0 Å². The minimum Gasteiger partial charge on any atom is -0.497 e. The van der Waals surface area contributed by atoms with Gasteiger partial charge in [0.25, 0.3) is 5.91 Å². The standard InChI is InChI=1S/C31H36FN5O3/c1-21(2)28(35(17-9-16-33)30(38)24-15-14-22(3)27(32)18-24)29-34-37(25-12-8-13-26(19-25)40-4)31(39)36(29)20-23-10-6-5-7-11-23/h5-8,10-15,18-19,21,28H,9,16-17,20,33H2,1-4H3. The van der Waals surface area contributed by atoms with Crippen LogP contribution in [0.25, 0.3) is 5.69 Å². The molecule has 0 aliphatic rings. The lowest BCUT2D eigenvalue weighted by Crippen LogP contribution is -2.41. The molecule has 0 aliphatic carbocycles. The van der Waals surface area contributed by atoms with Gasteiger partial charge in [0.15, 0.2) is 5.82 Å². The molecule has 1 amide bonds. The highest BCUT2D eigenvalue weighted by Crippen LogP contribution is 2.30. The molecule has 0 fully saturated rings. The van der Waals surface area contributed by atoms with Crippen LogP contribution in [-0.2, 0) is 6.54 Å². The van der Waals surface area contributed by atoms with E-state index in [1.807, 2.05) is 44.2 Å². The fraction of sp³-hybridized carbons (Fsp3) is 0.323. The van der Waals surface area contributed by atoms with Crippen molar-refractivity contribution >= 4 is 5.91 Å². The Hall–Kier alpha value is -4.24. The van der Waals surface area contributed by atoms with Crippen LogP contribution in [0.15, 0.2) is 77.6 Å². The van der Waals surface area contributed by atoms with Gasteiger partial charge in [-0.15, -0.1) is 5.10 Å². The molecule has 1 unspecified atom stereocenters. The van der Waals surface area contributed by atoms with Crippen LogP contribution in [0.4, 0.5) is 4.39 Å². The predicted molar refractivity (Wildman–Crippen MR) is 153 cm³/mol. The van der Waals surface area contributed by atoms with Gasteiger partial charge in [-0.3, -0.25) is 9.36 Å². The molecule has 4 rings (SSSR count). The summed E-state index contributed by atoms with van der Waals surface area (Å²) in [7, 11) is 1.56. The van der Waals surface area contributed by atoms with E-state index in [1.165, 1.54) is 10.7 Å². The molecular weight excluding hydrogens is 509 g/mol. The SMILES string of the molecule is COc1cccc(-n2nc(C(C(C)C)N(CCCN)C(=O)c3ccc(C)c(F)c3)n(Cc3ccccc3)c2=O)c1. The van der Waals surface area contributed by atoms with Gasteiger partial charge < -0.3 is 15.4 Å². The number of aryl methyl sites for hydroxylation is 1. The van der Waals surface area contributed by atoms with Gasteiger partial charge >= 0.3 is 5.69 Å². The zero-order valence-electron chi connectivity index (χ0n) is 23.4. The smallest absolute Gasteiger partial charge is 0.351 e. The predicted octanol–water partition coefficient (Wildman–Crippen LogP) is 4.73. The van der Waals surface area contributed by atoms with Gasteiger partial charge in [-0.1, -0.05) is 56.3 Å². The molecule has 0 aliphatic heterocycles. The monoisotopic (exact) mass is 545 g/mol. The molecule has 0 bridgehead atoms. The summed E-state index contributed by atoms with van der Waals surface area (Å²) in [5.74, 6) is 0.0940. The maximum Gasteiger partial charge on any atom is 0.351 e. The second kappa shape index (κ2) is 12.7. The number of nitrogens with zero attached hydrogens (tertiary/aromatic N) is 4. The van der Waals surface area contributed by atoms with Gasteiger partial charge in [0.05, 0.1) is 25.4 Å². The van der Waals surface area contributed by atoms with Crippen LogP contribution in [-0.4, -0.2) is 45.4 Å².